The number of aliphatic hydroxyl groups excluding tert-OH is 1. The molecule has 1 amide bonds. The normalized spacial score (nSPS) is 24.3. The van der Waals surface area contributed by atoms with E-state index in [1.807, 2.05) is 0 Å². The molecule has 1 aromatic rings. The number of amides is 1. The summed E-state index contributed by atoms with van der Waals surface area (Å²) in [5.41, 5.74) is -0.576. The SMILES string of the molecule is O=C(O)N[C@H]1C[C@@H](O)[C@@H](NS(=O)(=O)c2ccccc2[N+](=O)[O-])C1. The zero-order valence-electron chi connectivity index (χ0n) is 11.7. The van der Waals surface area contributed by atoms with Crippen molar-refractivity contribution in [3.8, 4) is 0 Å². The molecule has 0 aromatic heterocycles. The predicted octanol–water partition coefficient (Wildman–Crippen LogP) is 0.0326. The van der Waals surface area contributed by atoms with E-state index in [-0.39, 0.29) is 12.8 Å². The molecular weight excluding hydrogens is 330 g/mol. The van der Waals surface area contributed by atoms with Crippen molar-refractivity contribution < 1.29 is 28.3 Å². The van der Waals surface area contributed by atoms with Crippen LogP contribution in [0.1, 0.15) is 12.8 Å². The van der Waals surface area contributed by atoms with Gasteiger partial charge in [0.1, 0.15) is 0 Å². The molecule has 4 N–H and O–H groups in total. The van der Waals surface area contributed by atoms with Crippen LogP contribution in [0.25, 0.3) is 0 Å². The monoisotopic (exact) mass is 345 g/mol. The molecule has 0 aliphatic heterocycles. The molecule has 0 radical (unpaired) electrons. The summed E-state index contributed by atoms with van der Waals surface area (Å²) in [5, 5.41) is 31.6. The molecule has 126 valence electrons. The number of carboxylic acid groups (broad SMARTS) is 1. The van der Waals surface area contributed by atoms with Crippen LogP contribution in [0.4, 0.5) is 10.5 Å². The molecule has 1 aliphatic carbocycles. The maximum absolute atomic E-state index is 12.3. The van der Waals surface area contributed by atoms with Crippen LogP contribution in [0.3, 0.4) is 0 Å². The Kier molecular flexibility index (Phi) is 4.82. The van der Waals surface area contributed by atoms with Gasteiger partial charge in [0.25, 0.3) is 5.69 Å². The number of nitrogens with zero attached hydrogens (tertiary/aromatic N) is 1. The van der Waals surface area contributed by atoms with Crippen LogP contribution in [0.15, 0.2) is 29.2 Å². The number of hydrogen-bond donors (Lipinski definition) is 4. The van der Waals surface area contributed by atoms with E-state index in [0.717, 1.165) is 12.1 Å². The number of nitrogens with one attached hydrogen (secondary N) is 2. The van der Waals surface area contributed by atoms with Crippen molar-refractivity contribution >= 4 is 21.8 Å². The van der Waals surface area contributed by atoms with E-state index < -0.39 is 49.8 Å². The van der Waals surface area contributed by atoms with Crippen molar-refractivity contribution in [1.29, 1.82) is 0 Å². The Balaban J connectivity index is 2.19. The first-order chi connectivity index (χ1) is 10.7. The number of nitro groups is 1. The third-order valence-corrected chi connectivity index (χ3v) is 5.05. The van der Waals surface area contributed by atoms with Crippen molar-refractivity contribution in [2.75, 3.05) is 0 Å². The van der Waals surface area contributed by atoms with Crippen molar-refractivity contribution in [3.05, 3.63) is 34.4 Å². The summed E-state index contributed by atoms with van der Waals surface area (Å²) in [5.74, 6) is 0. The summed E-state index contributed by atoms with van der Waals surface area (Å²) in [6, 6.07) is 3.32. The fourth-order valence-corrected chi connectivity index (χ4v) is 3.99. The number of hydrogen-bond acceptors (Lipinski definition) is 6. The fraction of sp³-hybridized carbons (Fsp3) is 0.417. The van der Waals surface area contributed by atoms with Gasteiger partial charge in [0.05, 0.1) is 17.1 Å². The molecule has 0 spiro atoms. The van der Waals surface area contributed by atoms with Gasteiger partial charge in [-0.05, 0) is 18.9 Å². The number of aliphatic hydroxyl groups is 1. The Labute approximate surface area is 131 Å². The third kappa shape index (κ3) is 3.94. The summed E-state index contributed by atoms with van der Waals surface area (Å²) in [7, 11) is -4.23. The highest BCUT2D eigenvalue weighted by atomic mass is 32.2. The van der Waals surface area contributed by atoms with Gasteiger partial charge in [-0.3, -0.25) is 10.1 Å². The molecule has 2 rings (SSSR count). The number of benzene rings is 1. The van der Waals surface area contributed by atoms with Gasteiger partial charge in [0, 0.05) is 12.1 Å². The zero-order valence-corrected chi connectivity index (χ0v) is 12.6. The van der Waals surface area contributed by atoms with Crippen LogP contribution < -0.4 is 10.0 Å². The summed E-state index contributed by atoms with van der Waals surface area (Å²) < 4.78 is 26.9. The van der Waals surface area contributed by atoms with Crippen LogP contribution in [0.2, 0.25) is 0 Å². The van der Waals surface area contributed by atoms with Crippen molar-refractivity contribution in [2.45, 2.75) is 35.9 Å². The molecule has 3 atom stereocenters. The second kappa shape index (κ2) is 6.48. The van der Waals surface area contributed by atoms with Crippen molar-refractivity contribution in [2.24, 2.45) is 0 Å². The van der Waals surface area contributed by atoms with Crippen LogP contribution in [-0.4, -0.2) is 47.8 Å². The maximum atomic E-state index is 12.3. The molecule has 10 nitrogen and oxygen atoms in total. The molecule has 23 heavy (non-hydrogen) atoms. The van der Waals surface area contributed by atoms with Gasteiger partial charge < -0.3 is 15.5 Å². The minimum atomic E-state index is -4.23. The maximum Gasteiger partial charge on any atom is 0.404 e. The van der Waals surface area contributed by atoms with Gasteiger partial charge in [-0.15, -0.1) is 0 Å². The Bertz CT molecular complexity index is 721. The minimum absolute atomic E-state index is 0.0489. The summed E-state index contributed by atoms with van der Waals surface area (Å²) in [6.07, 6.45) is -2.27. The molecule has 0 saturated heterocycles. The van der Waals surface area contributed by atoms with Crippen LogP contribution >= 0.6 is 0 Å². The van der Waals surface area contributed by atoms with E-state index in [9.17, 15) is 28.4 Å². The van der Waals surface area contributed by atoms with Gasteiger partial charge >= 0.3 is 6.09 Å². The average Bonchev–Trinajstić information content (AvgIpc) is 2.77. The topological polar surface area (TPSA) is 159 Å². The highest BCUT2D eigenvalue weighted by molar-refractivity contribution is 7.89. The highest BCUT2D eigenvalue weighted by Gasteiger charge is 2.38. The molecule has 1 aliphatic rings. The first kappa shape index (κ1) is 17.1. The van der Waals surface area contributed by atoms with E-state index in [1.54, 1.807) is 0 Å². The minimum Gasteiger partial charge on any atom is -0.465 e. The second-order valence-electron chi connectivity index (χ2n) is 5.14. The Hall–Kier alpha value is -2.24. The Morgan fingerprint density at radius 3 is 2.57 bits per heavy atom. The average molecular weight is 345 g/mol. The van der Waals surface area contributed by atoms with Gasteiger partial charge in [0.15, 0.2) is 4.90 Å². The van der Waals surface area contributed by atoms with E-state index in [4.69, 9.17) is 5.11 Å². The van der Waals surface area contributed by atoms with Crippen LogP contribution in [-0.2, 0) is 10.0 Å². The lowest BCUT2D eigenvalue weighted by atomic mass is 10.2. The van der Waals surface area contributed by atoms with E-state index in [0.29, 0.717) is 0 Å². The number of nitro benzene ring substituents is 1. The molecule has 0 unspecified atom stereocenters. The molecule has 1 saturated carbocycles. The second-order valence-corrected chi connectivity index (χ2v) is 6.82. The number of rotatable bonds is 5. The number of carbonyl (C=O) groups is 1. The van der Waals surface area contributed by atoms with Crippen LogP contribution in [0.5, 0.6) is 0 Å². The number of para-hydroxylation sites is 1. The van der Waals surface area contributed by atoms with Gasteiger partial charge in [-0.2, -0.15) is 0 Å². The predicted molar refractivity (Wildman–Crippen MR) is 77.4 cm³/mol. The Morgan fingerprint density at radius 1 is 1.30 bits per heavy atom. The van der Waals surface area contributed by atoms with Gasteiger partial charge in [-0.25, -0.2) is 17.9 Å². The quantitative estimate of drug-likeness (QED) is 0.433. The van der Waals surface area contributed by atoms with Gasteiger partial charge in [0.2, 0.25) is 10.0 Å². The largest absolute Gasteiger partial charge is 0.465 e. The molecule has 0 bridgehead atoms. The lowest BCUT2D eigenvalue weighted by Gasteiger charge is -2.16. The van der Waals surface area contributed by atoms with E-state index in [2.05, 4.69) is 10.0 Å². The van der Waals surface area contributed by atoms with Crippen molar-refractivity contribution in [3.63, 3.8) is 0 Å². The van der Waals surface area contributed by atoms with E-state index in [1.165, 1.54) is 12.1 Å². The smallest absolute Gasteiger partial charge is 0.404 e. The first-order valence-corrected chi connectivity index (χ1v) is 8.12. The molecule has 1 aromatic carbocycles. The highest BCUT2D eigenvalue weighted by Crippen LogP contribution is 2.26. The summed E-state index contributed by atoms with van der Waals surface area (Å²) in [6.45, 7) is 0. The Morgan fingerprint density at radius 2 is 1.96 bits per heavy atom. The molecule has 11 heteroatoms. The lowest BCUT2D eigenvalue weighted by molar-refractivity contribution is -0.387. The zero-order chi connectivity index (χ0) is 17.2. The first-order valence-electron chi connectivity index (χ1n) is 6.64. The third-order valence-electron chi connectivity index (χ3n) is 3.51. The van der Waals surface area contributed by atoms with E-state index >= 15 is 0 Å². The van der Waals surface area contributed by atoms with Crippen molar-refractivity contribution in [1.82, 2.24) is 10.0 Å². The summed E-state index contributed by atoms with van der Waals surface area (Å²) in [4.78, 5) is 20.2. The number of sulfonamides is 1. The molecule has 0 heterocycles. The lowest BCUT2D eigenvalue weighted by Crippen LogP contribution is -2.40. The fourth-order valence-electron chi connectivity index (χ4n) is 2.53. The standard InChI is InChI=1S/C12H15N3O7S/c16-10-6-7(13-12(17)18)5-8(10)14-23(21,22)11-4-2-1-3-9(11)15(19)20/h1-4,7-8,10,13-14,16H,5-6H2,(H,17,18)/t7-,8+,10-/m1/s1. The van der Waals surface area contributed by atoms with Crippen LogP contribution in [0, 0.1) is 10.1 Å². The molecular formula is C12H15N3O7S. The summed E-state index contributed by atoms with van der Waals surface area (Å²) >= 11 is 0. The molecule has 1 fully saturated rings. The van der Waals surface area contributed by atoms with Gasteiger partial charge in [-0.1, -0.05) is 12.1 Å².